The van der Waals surface area contributed by atoms with Crippen molar-refractivity contribution in [1.29, 1.82) is 0 Å². The molecule has 0 spiro atoms. The summed E-state index contributed by atoms with van der Waals surface area (Å²) >= 11 is 0. The normalized spacial score (nSPS) is 22.5. The molecule has 3 rings (SSSR count). The Bertz CT molecular complexity index is 489. The molecule has 1 amide bonds. The van der Waals surface area contributed by atoms with Gasteiger partial charge < -0.3 is 15.0 Å². The highest BCUT2D eigenvalue weighted by Gasteiger charge is 2.43. The van der Waals surface area contributed by atoms with E-state index in [1.807, 2.05) is 4.90 Å². The Balaban J connectivity index is 1.62. The van der Waals surface area contributed by atoms with E-state index in [4.69, 9.17) is 4.74 Å². The maximum Gasteiger partial charge on any atom is 0.254 e. The SMILES string of the molecule is COC1(C(=O)N2CCC(c3ccccc3)CC2)CCNCC1. The third kappa shape index (κ3) is 3.03. The second kappa shape index (κ2) is 6.80. The lowest BCUT2D eigenvalue weighted by molar-refractivity contribution is -0.159. The first kappa shape index (κ1) is 15.5. The Morgan fingerprint density at radius 3 is 2.41 bits per heavy atom. The zero-order chi connectivity index (χ0) is 15.4. The topological polar surface area (TPSA) is 41.6 Å². The van der Waals surface area contributed by atoms with E-state index in [0.717, 1.165) is 51.9 Å². The highest BCUT2D eigenvalue weighted by Crippen LogP contribution is 2.31. The van der Waals surface area contributed by atoms with Crippen molar-refractivity contribution in [2.75, 3.05) is 33.3 Å². The highest BCUT2D eigenvalue weighted by molar-refractivity contribution is 5.85. The molecule has 2 saturated heterocycles. The maximum absolute atomic E-state index is 12.9. The molecule has 0 unspecified atom stereocenters. The number of amides is 1. The number of nitrogens with one attached hydrogen (secondary N) is 1. The van der Waals surface area contributed by atoms with Crippen molar-refractivity contribution < 1.29 is 9.53 Å². The standard InChI is InChI=1S/C18H26N2O2/c1-22-18(9-11-19-12-10-18)17(21)20-13-7-16(8-14-20)15-5-3-2-4-6-15/h2-6,16,19H,7-14H2,1H3. The quantitative estimate of drug-likeness (QED) is 0.930. The molecule has 0 atom stereocenters. The zero-order valence-corrected chi connectivity index (χ0v) is 13.4. The fraction of sp³-hybridized carbons (Fsp3) is 0.611. The minimum Gasteiger partial charge on any atom is -0.368 e. The first-order valence-corrected chi connectivity index (χ1v) is 8.35. The second-order valence-corrected chi connectivity index (χ2v) is 6.43. The highest BCUT2D eigenvalue weighted by atomic mass is 16.5. The molecule has 1 aromatic rings. The van der Waals surface area contributed by atoms with Crippen LogP contribution in [0.15, 0.2) is 30.3 Å². The molecule has 2 aliphatic heterocycles. The van der Waals surface area contributed by atoms with Crippen LogP contribution >= 0.6 is 0 Å². The third-order valence-electron chi connectivity index (χ3n) is 5.24. The number of likely N-dealkylation sites (tertiary alicyclic amines) is 1. The molecule has 0 aromatic heterocycles. The van der Waals surface area contributed by atoms with E-state index in [9.17, 15) is 4.79 Å². The number of nitrogens with zero attached hydrogens (tertiary/aromatic N) is 1. The second-order valence-electron chi connectivity index (χ2n) is 6.43. The third-order valence-corrected chi connectivity index (χ3v) is 5.24. The van der Waals surface area contributed by atoms with Crippen molar-refractivity contribution in [2.24, 2.45) is 0 Å². The molecule has 1 aromatic carbocycles. The number of methoxy groups -OCH3 is 1. The van der Waals surface area contributed by atoms with Crippen LogP contribution in [0.2, 0.25) is 0 Å². The lowest BCUT2D eigenvalue weighted by atomic mass is 9.86. The minimum atomic E-state index is -0.592. The first-order valence-electron chi connectivity index (χ1n) is 8.35. The molecule has 0 bridgehead atoms. The predicted molar refractivity (Wildman–Crippen MR) is 86.8 cm³/mol. The van der Waals surface area contributed by atoms with E-state index in [1.165, 1.54) is 5.56 Å². The summed E-state index contributed by atoms with van der Waals surface area (Å²) in [5.74, 6) is 0.778. The van der Waals surface area contributed by atoms with E-state index < -0.39 is 5.60 Å². The first-order chi connectivity index (χ1) is 10.7. The Kier molecular flexibility index (Phi) is 4.79. The Labute approximate surface area is 132 Å². The van der Waals surface area contributed by atoms with Crippen LogP contribution in [-0.2, 0) is 9.53 Å². The summed E-state index contributed by atoms with van der Waals surface area (Å²) in [6, 6.07) is 10.7. The molecule has 0 saturated carbocycles. The van der Waals surface area contributed by atoms with Crippen molar-refractivity contribution in [3.8, 4) is 0 Å². The van der Waals surface area contributed by atoms with Crippen molar-refractivity contribution >= 4 is 5.91 Å². The van der Waals surface area contributed by atoms with Crippen LogP contribution in [0, 0.1) is 0 Å². The van der Waals surface area contributed by atoms with Gasteiger partial charge in [-0.2, -0.15) is 0 Å². The molecule has 120 valence electrons. The molecule has 2 aliphatic rings. The van der Waals surface area contributed by atoms with Crippen LogP contribution in [0.3, 0.4) is 0 Å². The molecule has 22 heavy (non-hydrogen) atoms. The van der Waals surface area contributed by atoms with Crippen LogP contribution in [0.25, 0.3) is 0 Å². The van der Waals surface area contributed by atoms with Crippen LogP contribution in [0.1, 0.15) is 37.2 Å². The smallest absolute Gasteiger partial charge is 0.254 e. The largest absolute Gasteiger partial charge is 0.368 e. The number of carbonyl (C=O) groups is 1. The van der Waals surface area contributed by atoms with E-state index >= 15 is 0 Å². The monoisotopic (exact) mass is 302 g/mol. The molecular formula is C18H26N2O2. The van der Waals surface area contributed by atoms with E-state index in [2.05, 4.69) is 35.6 Å². The van der Waals surface area contributed by atoms with E-state index in [-0.39, 0.29) is 5.91 Å². The number of carbonyl (C=O) groups excluding carboxylic acids is 1. The van der Waals surface area contributed by atoms with Gasteiger partial charge in [0, 0.05) is 20.2 Å². The lowest BCUT2D eigenvalue weighted by Gasteiger charge is -2.41. The van der Waals surface area contributed by atoms with Crippen molar-refractivity contribution in [1.82, 2.24) is 10.2 Å². The summed E-state index contributed by atoms with van der Waals surface area (Å²) in [7, 11) is 1.68. The number of ether oxygens (including phenoxy) is 1. The van der Waals surface area contributed by atoms with Gasteiger partial charge in [0.1, 0.15) is 5.60 Å². The van der Waals surface area contributed by atoms with Crippen LogP contribution in [-0.4, -0.2) is 49.7 Å². The van der Waals surface area contributed by atoms with Gasteiger partial charge in [0.25, 0.3) is 5.91 Å². The molecule has 4 heteroatoms. The number of hydrogen-bond acceptors (Lipinski definition) is 3. The van der Waals surface area contributed by atoms with Gasteiger partial charge in [-0.15, -0.1) is 0 Å². The molecule has 1 N–H and O–H groups in total. The van der Waals surface area contributed by atoms with Crippen molar-refractivity contribution in [2.45, 2.75) is 37.2 Å². The van der Waals surface area contributed by atoms with Gasteiger partial charge in [-0.1, -0.05) is 30.3 Å². The maximum atomic E-state index is 12.9. The molecule has 2 heterocycles. The zero-order valence-electron chi connectivity index (χ0n) is 13.4. The summed E-state index contributed by atoms with van der Waals surface area (Å²) in [5, 5.41) is 3.31. The van der Waals surface area contributed by atoms with Gasteiger partial charge in [-0.3, -0.25) is 4.79 Å². The van der Waals surface area contributed by atoms with Crippen LogP contribution in [0.4, 0.5) is 0 Å². The molecular weight excluding hydrogens is 276 g/mol. The van der Waals surface area contributed by atoms with Gasteiger partial charge in [-0.25, -0.2) is 0 Å². The summed E-state index contributed by atoms with van der Waals surface area (Å²) in [4.78, 5) is 14.9. The van der Waals surface area contributed by atoms with E-state index in [1.54, 1.807) is 7.11 Å². The van der Waals surface area contributed by atoms with Gasteiger partial charge in [0.2, 0.25) is 0 Å². The van der Waals surface area contributed by atoms with E-state index in [0.29, 0.717) is 5.92 Å². The van der Waals surface area contributed by atoms with Gasteiger partial charge in [0.05, 0.1) is 0 Å². The molecule has 0 aliphatic carbocycles. The minimum absolute atomic E-state index is 0.197. The summed E-state index contributed by atoms with van der Waals surface area (Å²) in [6.07, 6.45) is 3.66. The lowest BCUT2D eigenvalue weighted by Crippen LogP contribution is -2.56. The van der Waals surface area contributed by atoms with Crippen molar-refractivity contribution in [3.05, 3.63) is 35.9 Å². The Hall–Kier alpha value is -1.39. The van der Waals surface area contributed by atoms with Crippen LogP contribution in [0.5, 0.6) is 0 Å². The Morgan fingerprint density at radius 2 is 1.82 bits per heavy atom. The number of rotatable bonds is 3. The fourth-order valence-electron chi connectivity index (χ4n) is 3.77. The summed E-state index contributed by atoms with van der Waals surface area (Å²) < 4.78 is 5.67. The van der Waals surface area contributed by atoms with Crippen LogP contribution < -0.4 is 5.32 Å². The van der Waals surface area contributed by atoms with Gasteiger partial charge >= 0.3 is 0 Å². The van der Waals surface area contributed by atoms with Crippen molar-refractivity contribution in [3.63, 3.8) is 0 Å². The summed E-state index contributed by atoms with van der Waals surface area (Å²) in [5.41, 5.74) is 0.808. The predicted octanol–water partition coefficient (Wildman–Crippen LogP) is 2.16. The van der Waals surface area contributed by atoms with Gasteiger partial charge in [0.15, 0.2) is 0 Å². The molecule has 0 radical (unpaired) electrons. The Morgan fingerprint density at radius 1 is 1.18 bits per heavy atom. The number of benzene rings is 1. The molecule has 2 fully saturated rings. The average Bonchev–Trinajstić information content (AvgIpc) is 2.62. The fourth-order valence-corrected chi connectivity index (χ4v) is 3.77. The molecule has 4 nitrogen and oxygen atoms in total. The summed E-state index contributed by atoms with van der Waals surface area (Å²) in [6.45, 7) is 3.41. The number of hydrogen-bond donors (Lipinski definition) is 1. The number of piperidine rings is 2. The van der Waals surface area contributed by atoms with Gasteiger partial charge in [-0.05, 0) is 50.3 Å². The average molecular weight is 302 g/mol.